The number of pyridine rings is 1. The number of carbonyl (C=O) groups excluding carboxylic acids is 3. The van der Waals surface area contributed by atoms with Gasteiger partial charge in [0.2, 0.25) is 5.91 Å². The van der Waals surface area contributed by atoms with Crippen molar-refractivity contribution < 1.29 is 14.4 Å². The van der Waals surface area contributed by atoms with Gasteiger partial charge in [-0.3, -0.25) is 14.5 Å². The van der Waals surface area contributed by atoms with Crippen molar-refractivity contribution in [2.45, 2.75) is 45.2 Å². The number of imide groups is 1. The predicted molar refractivity (Wildman–Crippen MR) is 115 cm³/mol. The van der Waals surface area contributed by atoms with E-state index in [0.717, 1.165) is 25.3 Å². The molecule has 158 valence electrons. The minimum absolute atomic E-state index is 0.170. The number of aromatic nitrogens is 1. The summed E-state index contributed by atoms with van der Waals surface area (Å²) in [6.07, 6.45) is 3.31. The molecule has 4 rings (SSSR count). The molecule has 30 heavy (non-hydrogen) atoms. The zero-order valence-electron chi connectivity index (χ0n) is 17.1. The molecule has 0 spiro atoms. The van der Waals surface area contributed by atoms with Crippen LogP contribution in [-0.2, 0) is 22.6 Å². The standard InChI is InChI=1S/C21H25N5O3S/c1-21(2)19(28)26(20(29)24-21)9-3-4-18(27)23-15-5-6-17(22-12-15)25-10-7-16-14(13-25)8-11-30-16/h5-6,8,11-12H,3-4,7,9-10,13H2,1-2H3,(H,23,27)(H,24,29). The lowest BCUT2D eigenvalue weighted by Gasteiger charge is -2.28. The third-order valence-electron chi connectivity index (χ3n) is 5.39. The van der Waals surface area contributed by atoms with Gasteiger partial charge in [-0.05, 0) is 55.8 Å². The number of hydrogen-bond acceptors (Lipinski definition) is 6. The van der Waals surface area contributed by atoms with Crippen molar-refractivity contribution in [2.24, 2.45) is 0 Å². The van der Waals surface area contributed by atoms with Gasteiger partial charge >= 0.3 is 6.03 Å². The maximum Gasteiger partial charge on any atom is 0.325 e. The van der Waals surface area contributed by atoms with E-state index in [-0.39, 0.29) is 24.8 Å². The number of rotatable bonds is 6. The molecule has 2 aliphatic heterocycles. The summed E-state index contributed by atoms with van der Waals surface area (Å²) in [5, 5.41) is 7.59. The summed E-state index contributed by atoms with van der Waals surface area (Å²) in [5.41, 5.74) is 1.11. The Labute approximate surface area is 179 Å². The molecule has 2 aromatic heterocycles. The van der Waals surface area contributed by atoms with Gasteiger partial charge in [-0.15, -0.1) is 11.3 Å². The number of anilines is 2. The predicted octanol–water partition coefficient (Wildman–Crippen LogP) is 2.75. The first kappa shape index (κ1) is 20.3. The zero-order valence-corrected chi connectivity index (χ0v) is 17.9. The molecule has 9 heteroatoms. The van der Waals surface area contributed by atoms with Crippen LogP contribution in [0, 0.1) is 0 Å². The maximum atomic E-state index is 12.2. The van der Waals surface area contributed by atoms with Crippen LogP contribution in [-0.4, -0.2) is 46.4 Å². The monoisotopic (exact) mass is 427 g/mol. The van der Waals surface area contributed by atoms with Crippen LogP contribution in [0.5, 0.6) is 0 Å². The molecule has 0 aliphatic carbocycles. The molecule has 8 nitrogen and oxygen atoms in total. The van der Waals surface area contributed by atoms with Gasteiger partial charge < -0.3 is 15.5 Å². The van der Waals surface area contributed by atoms with Crippen molar-refractivity contribution >= 4 is 40.7 Å². The zero-order chi connectivity index (χ0) is 21.3. The molecule has 0 saturated carbocycles. The van der Waals surface area contributed by atoms with Crippen LogP contribution in [0.4, 0.5) is 16.3 Å². The molecule has 2 N–H and O–H groups in total. The van der Waals surface area contributed by atoms with Crippen LogP contribution in [0.15, 0.2) is 29.8 Å². The third kappa shape index (κ3) is 4.16. The van der Waals surface area contributed by atoms with Crippen molar-refractivity contribution in [2.75, 3.05) is 23.3 Å². The second-order valence-corrected chi connectivity index (χ2v) is 9.11. The summed E-state index contributed by atoms with van der Waals surface area (Å²) >= 11 is 1.81. The molecule has 4 amide bonds. The first-order valence-corrected chi connectivity index (χ1v) is 10.9. The van der Waals surface area contributed by atoms with Crippen molar-refractivity contribution in [1.29, 1.82) is 0 Å². The molecular formula is C21H25N5O3S. The average molecular weight is 428 g/mol. The highest BCUT2D eigenvalue weighted by molar-refractivity contribution is 7.10. The van der Waals surface area contributed by atoms with E-state index in [4.69, 9.17) is 0 Å². The largest absolute Gasteiger partial charge is 0.352 e. The molecule has 0 aromatic carbocycles. The van der Waals surface area contributed by atoms with E-state index in [9.17, 15) is 14.4 Å². The van der Waals surface area contributed by atoms with Crippen molar-refractivity contribution in [1.82, 2.24) is 15.2 Å². The fourth-order valence-electron chi connectivity index (χ4n) is 3.73. The Morgan fingerprint density at radius 2 is 2.13 bits per heavy atom. The lowest BCUT2D eigenvalue weighted by Crippen LogP contribution is -2.40. The van der Waals surface area contributed by atoms with Gasteiger partial charge in [-0.25, -0.2) is 9.78 Å². The first-order valence-electron chi connectivity index (χ1n) is 10.0. The highest BCUT2D eigenvalue weighted by Gasteiger charge is 2.43. The summed E-state index contributed by atoms with van der Waals surface area (Å²) in [4.78, 5) is 45.6. The number of carbonyl (C=O) groups is 3. The van der Waals surface area contributed by atoms with Crippen molar-refractivity contribution in [3.63, 3.8) is 0 Å². The Balaban J connectivity index is 1.25. The van der Waals surface area contributed by atoms with Gasteiger partial charge in [-0.2, -0.15) is 0 Å². The quantitative estimate of drug-likeness (QED) is 0.692. The fourth-order valence-corrected chi connectivity index (χ4v) is 4.62. The molecule has 0 unspecified atom stereocenters. The fraction of sp³-hybridized carbons (Fsp3) is 0.429. The van der Waals surface area contributed by atoms with Gasteiger partial charge in [0, 0.05) is 30.9 Å². The second kappa shape index (κ2) is 8.06. The summed E-state index contributed by atoms with van der Waals surface area (Å²) in [6, 6.07) is 5.53. The van der Waals surface area contributed by atoms with Gasteiger partial charge in [0.25, 0.3) is 5.91 Å². The number of urea groups is 1. The number of fused-ring (bicyclic) bond motifs is 1. The number of thiophene rings is 1. The number of hydrogen-bond donors (Lipinski definition) is 2. The lowest BCUT2D eigenvalue weighted by atomic mass is 10.1. The SMILES string of the molecule is CC1(C)NC(=O)N(CCCC(=O)Nc2ccc(N3CCc4sccc4C3)nc2)C1=O. The van der Waals surface area contributed by atoms with Crippen molar-refractivity contribution in [3.8, 4) is 0 Å². The van der Waals surface area contributed by atoms with Crippen LogP contribution in [0.3, 0.4) is 0 Å². The number of nitrogens with zero attached hydrogens (tertiary/aromatic N) is 3. The van der Waals surface area contributed by atoms with Gasteiger partial charge in [0.05, 0.1) is 11.9 Å². The Hall–Kier alpha value is -2.94. The van der Waals surface area contributed by atoms with Gasteiger partial charge in [-0.1, -0.05) is 0 Å². The van der Waals surface area contributed by atoms with E-state index < -0.39 is 11.6 Å². The van der Waals surface area contributed by atoms with Crippen molar-refractivity contribution in [3.05, 3.63) is 40.2 Å². The van der Waals surface area contributed by atoms with E-state index in [1.165, 1.54) is 15.3 Å². The van der Waals surface area contributed by atoms with E-state index in [1.54, 1.807) is 20.0 Å². The highest BCUT2D eigenvalue weighted by Crippen LogP contribution is 2.27. The normalized spacial score (nSPS) is 17.7. The van der Waals surface area contributed by atoms with Crippen LogP contribution in [0.1, 0.15) is 37.1 Å². The molecular weight excluding hydrogens is 402 g/mol. The van der Waals surface area contributed by atoms with Gasteiger partial charge in [0.1, 0.15) is 11.4 Å². The molecule has 2 aliphatic rings. The Bertz CT molecular complexity index is 969. The molecule has 0 radical (unpaired) electrons. The van der Waals surface area contributed by atoms with Crippen LogP contribution in [0.25, 0.3) is 0 Å². The number of amides is 4. The molecule has 1 saturated heterocycles. The van der Waals surface area contributed by atoms with E-state index in [2.05, 4.69) is 32.0 Å². The first-order chi connectivity index (χ1) is 14.3. The third-order valence-corrected chi connectivity index (χ3v) is 6.42. The van der Waals surface area contributed by atoms with Gasteiger partial charge in [0.15, 0.2) is 0 Å². The minimum atomic E-state index is -0.883. The smallest absolute Gasteiger partial charge is 0.325 e. The molecule has 4 heterocycles. The minimum Gasteiger partial charge on any atom is -0.352 e. The molecule has 0 bridgehead atoms. The average Bonchev–Trinajstić information content (AvgIpc) is 3.25. The van der Waals surface area contributed by atoms with Crippen LogP contribution >= 0.6 is 11.3 Å². The summed E-state index contributed by atoms with van der Waals surface area (Å²) < 4.78 is 0. The summed E-state index contributed by atoms with van der Waals surface area (Å²) in [7, 11) is 0. The second-order valence-electron chi connectivity index (χ2n) is 8.11. The molecule has 2 aromatic rings. The Morgan fingerprint density at radius 1 is 1.30 bits per heavy atom. The maximum absolute atomic E-state index is 12.2. The lowest BCUT2D eigenvalue weighted by molar-refractivity contribution is -0.130. The van der Waals surface area contributed by atoms with Crippen LogP contribution < -0.4 is 15.5 Å². The van der Waals surface area contributed by atoms with Crippen LogP contribution in [0.2, 0.25) is 0 Å². The number of nitrogens with one attached hydrogen (secondary N) is 2. The highest BCUT2D eigenvalue weighted by atomic mass is 32.1. The summed E-state index contributed by atoms with van der Waals surface area (Å²) in [6.45, 7) is 5.35. The summed E-state index contributed by atoms with van der Waals surface area (Å²) in [5.74, 6) is 0.461. The van der Waals surface area contributed by atoms with E-state index >= 15 is 0 Å². The Kier molecular flexibility index (Phi) is 5.46. The van der Waals surface area contributed by atoms with E-state index in [0.29, 0.717) is 12.1 Å². The van der Waals surface area contributed by atoms with E-state index in [1.807, 2.05) is 23.5 Å². The topological polar surface area (TPSA) is 94.6 Å². The molecule has 1 fully saturated rings. The Morgan fingerprint density at radius 3 is 2.83 bits per heavy atom. The molecule has 0 atom stereocenters.